The molecular weight excluding hydrogens is 182 g/mol. The summed E-state index contributed by atoms with van der Waals surface area (Å²) in [5.74, 6) is 5.46. The first kappa shape index (κ1) is 9.82. The molecule has 0 unspecified atom stereocenters. The smallest absolute Gasteiger partial charge is 0.262 e. The highest BCUT2D eigenvalue weighted by atomic mass is 32.1. The zero-order valence-corrected chi connectivity index (χ0v) is 8.49. The van der Waals surface area contributed by atoms with Crippen molar-refractivity contribution in [1.82, 2.24) is 5.32 Å². The van der Waals surface area contributed by atoms with Gasteiger partial charge in [-0.3, -0.25) is 4.79 Å². The van der Waals surface area contributed by atoms with E-state index in [0.717, 1.165) is 9.75 Å². The van der Waals surface area contributed by atoms with Crippen LogP contribution in [0.2, 0.25) is 0 Å². The maximum atomic E-state index is 11.4. The van der Waals surface area contributed by atoms with E-state index in [1.807, 2.05) is 19.1 Å². The van der Waals surface area contributed by atoms with Crippen molar-refractivity contribution < 1.29 is 4.79 Å². The molecule has 0 saturated carbocycles. The molecule has 3 heteroatoms. The first-order chi connectivity index (χ1) is 6.24. The molecule has 0 atom stereocenters. The van der Waals surface area contributed by atoms with E-state index in [1.54, 1.807) is 6.92 Å². The van der Waals surface area contributed by atoms with Gasteiger partial charge in [0.05, 0.1) is 11.4 Å². The number of aryl methyl sites for hydroxylation is 1. The molecule has 68 valence electrons. The van der Waals surface area contributed by atoms with Crippen molar-refractivity contribution in [2.45, 2.75) is 13.8 Å². The number of carbonyl (C=O) groups is 1. The molecule has 13 heavy (non-hydrogen) atoms. The number of thiophene rings is 1. The molecular formula is C10H11NOS. The highest BCUT2D eigenvalue weighted by Gasteiger charge is 2.05. The predicted octanol–water partition coefficient (Wildman–Crippen LogP) is 1.81. The van der Waals surface area contributed by atoms with E-state index in [0.29, 0.717) is 6.54 Å². The van der Waals surface area contributed by atoms with E-state index in [1.165, 1.54) is 11.3 Å². The van der Waals surface area contributed by atoms with Gasteiger partial charge in [-0.2, -0.15) is 0 Å². The third kappa shape index (κ3) is 2.92. The molecule has 2 nitrogen and oxygen atoms in total. The summed E-state index contributed by atoms with van der Waals surface area (Å²) >= 11 is 1.49. The van der Waals surface area contributed by atoms with Gasteiger partial charge in [-0.15, -0.1) is 17.3 Å². The molecule has 0 fully saturated rings. The quantitative estimate of drug-likeness (QED) is 0.713. The number of hydrogen-bond donors (Lipinski definition) is 1. The minimum Gasteiger partial charge on any atom is -0.340 e. The molecule has 0 aliphatic heterocycles. The van der Waals surface area contributed by atoms with Gasteiger partial charge in [0.15, 0.2) is 0 Å². The molecule has 1 N–H and O–H groups in total. The van der Waals surface area contributed by atoms with Crippen LogP contribution in [0.4, 0.5) is 0 Å². The van der Waals surface area contributed by atoms with Gasteiger partial charge in [0.25, 0.3) is 5.91 Å². The standard InChI is InChI=1S/C10H11NOS/c1-3-4-7-11-10(12)9-6-5-8(2)13-9/h5-6H,7H2,1-2H3,(H,11,12). The molecule has 0 aliphatic rings. The zero-order valence-electron chi connectivity index (χ0n) is 7.68. The SMILES string of the molecule is CC#CCNC(=O)c1ccc(C)s1. The lowest BCUT2D eigenvalue weighted by molar-refractivity contribution is 0.0962. The second kappa shape index (κ2) is 4.68. The fourth-order valence-electron chi connectivity index (χ4n) is 0.857. The Hall–Kier alpha value is -1.27. The van der Waals surface area contributed by atoms with E-state index in [9.17, 15) is 4.79 Å². The van der Waals surface area contributed by atoms with Crippen LogP contribution in [0, 0.1) is 18.8 Å². The number of hydrogen-bond acceptors (Lipinski definition) is 2. The Bertz CT molecular complexity index is 356. The highest BCUT2D eigenvalue weighted by Crippen LogP contribution is 2.14. The highest BCUT2D eigenvalue weighted by molar-refractivity contribution is 7.13. The van der Waals surface area contributed by atoms with E-state index in [2.05, 4.69) is 17.2 Å². The van der Waals surface area contributed by atoms with Crippen molar-refractivity contribution >= 4 is 17.2 Å². The molecule has 0 aliphatic carbocycles. The van der Waals surface area contributed by atoms with Crippen molar-refractivity contribution in [1.29, 1.82) is 0 Å². The fourth-order valence-corrected chi connectivity index (χ4v) is 1.64. The third-order valence-electron chi connectivity index (χ3n) is 1.48. The second-order valence-electron chi connectivity index (χ2n) is 2.52. The summed E-state index contributed by atoms with van der Waals surface area (Å²) in [5, 5.41) is 2.71. The van der Waals surface area contributed by atoms with Gasteiger partial charge >= 0.3 is 0 Å². The van der Waals surface area contributed by atoms with Crippen LogP contribution < -0.4 is 5.32 Å². The van der Waals surface area contributed by atoms with Crippen molar-refractivity contribution in [3.63, 3.8) is 0 Å². The maximum Gasteiger partial charge on any atom is 0.262 e. The molecule has 0 aromatic carbocycles. The third-order valence-corrected chi connectivity index (χ3v) is 2.48. The van der Waals surface area contributed by atoms with E-state index in [-0.39, 0.29) is 5.91 Å². The van der Waals surface area contributed by atoms with Gasteiger partial charge in [0, 0.05) is 4.88 Å². The molecule has 0 saturated heterocycles. The molecule has 1 heterocycles. The minimum absolute atomic E-state index is 0.0409. The van der Waals surface area contributed by atoms with Crippen LogP contribution >= 0.6 is 11.3 Å². The Morgan fingerprint density at radius 2 is 2.38 bits per heavy atom. The van der Waals surface area contributed by atoms with Crippen LogP contribution in [-0.2, 0) is 0 Å². The van der Waals surface area contributed by atoms with Gasteiger partial charge in [-0.05, 0) is 26.0 Å². The molecule has 1 rings (SSSR count). The monoisotopic (exact) mass is 193 g/mol. The number of carbonyl (C=O) groups excluding carboxylic acids is 1. The van der Waals surface area contributed by atoms with E-state index >= 15 is 0 Å². The summed E-state index contributed by atoms with van der Waals surface area (Å²) in [6.45, 7) is 4.15. The van der Waals surface area contributed by atoms with Crippen LogP contribution in [0.25, 0.3) is 0 Å². The van der Waals surface area contributed by atoms with Crippen LogP contribution in [0.5, 0.6) is 0 Å². The maximum absolute atomic E-state index is 11.4. The minimum atomic E-state index is -0.0409. The number of rotatable bonds is 2. The fraction of sp³-hybridized carbons (Fsp3) is 0.300. The summed E-state index contributed by atoms with van der Waals surface area (Å²) < 4.78 is 0. The lowest BCUT2D eigenvalue weighted by atomic mass is 10.4. The van der Waals surface area contributed by atoms with Crippen LogP contribution in [0.3, 0.4) is 0 Å². The molecule has 0 spiro atoms. The van der Waals surface area contributed by atoms with Gasteiger partial charge < -0.3 is 5.32 Å². The summed E-state index contributed by atoms with van der Waals surface area (Å²) in [6.07, 6.45) is 0. The molecule has 1 amide bonds. The summed E-state index contributed by atoms with van der Waals surface area (Å²) in [6, 6.07) is 3.76. The summed E-state index contributed by atoms with van der Waals surface area (Å²) in [4.78, 5) is 13.3. The molecule has 1 aromatic heterocycles. The van der Waals surface area contributed by atoms with Crippen LogP contribution in [0.15, 0.2) is 12.1 Å². The van der Waals surface area contributed by atoms with Crippen molar-refractivity contribution in [2.24, 2.45) is 0 Å². The van der Waals surface area contributed by atoms with E-state index < -0.39 is 0 Å². The van der Waals surface area contributed by atoms with Crippen molar-refractivity contribution in [2.75, 3.05) is 6.54 Å². The number of amides is 1. The van der Waals surface area contributed by atoms with Gasteiger partial charge in [0.1, 0.15) is 0 Å². The van der Waals surface area contributed by atoms with Gasteiger partial charge in [-0.1, -0.05) is 5.92 Å². The largest absolute Gasteiger partial charge is 0.340 e. The molecule has 0 bridgehead atoms. The van der Waals surface area contributed by atoms with Gasteiger partial charge in [0.2, 0.25) is 0 Å². The first-order valence-electron chi connectivity index (χ1n) is 3.98. The Kier molecular flexibility index (Phi) is 3.53. The van der Waals surface area contributed by atoms with Crippen molar-refractivity contribution in [3.05, 3.63) is 21.9 Å². The van der Waals surface area contributed by atoms with Crippen LogP contribution in [0.1, 0.15) is 21.5 Å². The lowest BCUT2D eigenvalue weighted by Crippen LogP contribution is -2.22. The normalized spacial score (nSPS) is 8.77. The summed E-state index contributed by atoms with van der Waals surface area (Å²) in [7, 11) is 0. The van der Waals surface area contributed by atoms with Crippen LogP contribution in [-0.4, -0.2) is 12.5 Å². The number of nitrogens with one attached hydrogen (secondary N) is 1. The summed E-state index contributed by atoms with van der Waals surface area (Å²) in [5.41, 5.74) is 0. The predicted molar refractivity (Wildman–Crippen MR) is 54.8 cm³/mol. The Labute approximate surface area is 82.0 Å². The topological polar surface area (TPSA) is 29.1 Å². The zero-order chi connectivity index (χ0) is 9.68. The Balaban J connectivity index is 2.52. The Morgan fingerprint density at radius 3 is 2.92 bits per heavy atom. The average Bonchev–Trinajstić information content (AvgIpc) is 2.52. The second-order valence-corrected chi connectivity index (χ2v) is 3.81. The van der Waals surface area contributed by atoms with Crippen molar-refractivity contribution in [3.8, 4) is 11.8 Å². The molecule has 1 aromatic rings. The average molecular weight is 193 g/mol. The van der Waals surface area contributed by atoms with Gasteiger partial charge in [-0.25, -0.2) is 0 Å². The van der Waals surface area contributed by atoms with E-state index in [4.69, 9.17) is 0 Å². The molecule has 0 radical (unpaired) electrons. The lowest BCUT2D eigenvalue weighted by Gasteiger charge is -1.96. The first-order valence-corrected chi connectivity index (χ1v) is 4.80. The Morgan fingerprint density at radius 1 is 1.62 bits per heavy atom.